The molecule has 0 amide bonds. The zero-order valence-electron chi connectivity index (χ0n) is 10.2. The Kier molecular flexibility index (Phi) is 3.61. The molecule has 18 heavy (non-hydrogen) atoms. The zero-order chi connectivity index (χ0) is 13.2. The van der Waals surface area contributed by atoms with Crippen LogP contribution in [0.3, 0.4) is 0 Å². The van der Waals surface area contributed by atoms with Gasteiger partial charge in [0.05, 0.1) is 5.69 Å². The van der Waals surface area contributed by atoms with Crippen molar-refractivity contribution < 1.29 is 17.9 Å². The van der Waals surface area contributed by atoms with Crippen LogP contribution in [0, 0.1) is 5.92 Å². The molecular formula is C13H16F3NO. The summed E-state index contributed by atoms with van der Waals surface area (Å²) in [6.45, 7) is 0.488. The van der Waals surface area contributed by atoms with E-state index in [1.54, 1.807) is 31.3 Å². The summed E-state index contributed by atoms with van der Waals surface area (Å²) in [6, 6.07) is 5.25. The number of nitrogens with zero attached hydrogens (tertiary/aromatic N) is 1. The van der Waals surface area contributed by atoms with E-state index in [1.165, 1.54) is 0 Å². The largest absolute Gasteiger partial charge is 0.411 e. The maximum atomic E-state index is 12.3. The third-order valence-corrected chi connectivity index (χ3v) is 3.59. The molecule has 1 unspecified atom stereocenters. The number of aromatic nitrogens is 1. The van der Waals surface area contributed by atoms with Gasteiger partial charge < -0.3 is 4.74 Å². The Balaban J connectivity index is 2.18. The molecule has 0 aromatic carbocycles. The first-order valence-corrected chi connectivity index (χ1v) is 6.04. The molecule has 1 aromatic rings. The second-order valence-corrected chi connectivity index (χ2v) is 4.85. The minimum Gasteiger partial charge on any atom is -0.359 e. The topological polar surface area (TPSA) is 22.1 Å². The molecule has 1 aliphatic carbocycles. The van der Waals surface area contributed by atoms with Crippen molar-refractivity contribution in [2.24, 2.45) is 5.92 Å². The molecule has 100 valence electrons. The van der Waals surface area contributed by atoms with Crippen LogP contribution in [-0.2, 0) is 10.3 Å². The third kappa shape index (κ3) is 2.83. The van der Waals surface area contributed by atoms with Gasteiger partial charge in [-0.2, -0.15) is 13.2 Å². The fourth-order valence-electron chi connectivity index (χ4n) is 2.25. The summed E-state index contributed by atoms with van der Waals surface area (Å²) in [5, 5.41) is 0. The molecule has 1 saturated carbocycles. The predicted molar refractivity (Wildman–Crippen MR) is 60.9 cm³/mol. The van der Waals surface area contributed by atoms with Crippen molar-refractivity contribution in [2.45, 2.75) is 38.0 Å². The number of pyridine rings is 1. The van der Waals surface area contributed by atoms with Crippen LogP contribution < -0.4 is 0 Å². The summed E-state index contributed by atoms with van der Waals surface area (Å²) < 4.78 is 42.2. The van der Waals surface area contributed by atoms with E-state index in [-0.39, 0.29) is 5.92 Å². The molecule has 1 aromatic heterocycles. The van der Waals surface area contributed by atoms with Crippen LogP contribution in [0.25, 0.3) is 0 Å². The van der Waals surface area contributed by atoms with Crippen molar-refractivity contribution >= 4 is 0 Å². The molecular weight excluding hydrogens is 243 g/mol. The molecule has 5 heteroatoms. The van der Waals surface area contributed by atoms with Crippen molar-refractivity contribution in [1.82, 2.24) is 4.98 Å². The van der Waals surface area contributed by atoms with Crippen LogP contribution in [0.5, 0.6) is 0 Å². The first kappa shape index (κ1) is 13.3. The molecule has 2 rings (SSSR count). The molecule has 1 fully saturated rings. The number of alkyl halides is 3. The molecule has 0 N–H and O–H groups in total. The molecule has 0 bridgehead atoms. The Hall–Kier alpha value is -1.10. The maximum absolute atomic E-state index is 12.3. The van der Waals surface area contributed by atoms with Gasteiger partial charge in [-0.25, -0.2) is 0 Å². The normalized spacial score (nSPS) is 20.2. The van der Waals surface area contributed by atoms with Gasteiger partial charge >= 0.3 is 6.18 Å². The van der Waals surface area contributed by atoms with E-state index >= 15 is 0 Å². The Labute approximate surface area is 104 Å². The van der Waals surface area contributed by atoms with Gasteiger partial charge in [-0.1, -0.05) is 12.5 Å². The van der Waals surface area contributed by atoms with Crippen molar-refractivity contribution in [3.8, 4) is 0 Å². The standard InChI is InChI=1S/C13H16F3NO/c1-12(10-5-4-6-10,18-9-13(14,15)16)11-7-2-3-8-17-11/h2-3,7-8,10H,4-6,9H2,1H3. The average Bonchev–Trinajstić information content (AvgIpc) is 2.24. The maximum Gasteiger partial charge on any atom is 0.411 e. The number of ether oxygens (including phenoxy) is 1. The summed E-state index contributed by atoms with van der Waals surface area (Å²) in [5.74, 6) is 0.120. The Bertz CT molecular complexity index is 389. The monoisotopic (exact) mass is 259 g/mol. The van der Waals surface area contributed by atoms with Gasteiger partial charge in [0.15, 0.2) is 0 Å². The van der Waals surface area contributed by atoms with Gasteiger partial charge in [0.2, 0.25) is 0 Å². The molecule has 1 atom stereocenters. The molecule has 1 heterocycles. The SMILES string of the molecule is CC(OCC(F)(F)F)(c1ccccn1)C1CCC1. The summed E-state index contributed by atoms with van der Waals surface area (Å²) >= 11 is 0. The van der Waals surface area contributed by atoms with E-state index in [1.807, 2.05) is 0 Å². The highest BCUT2D eigenvalue weighted by Gasteiger charge is 2.44. The van der Waals surface area contributed by atoms with Crippen LogP contribution >= 0.6 is 0 Å². The number of rotatable bonds is 4. The molecule has 1 aliphatic rings. The van der Waals surface area contributed by atoms with Gasteiger partial charge in [0, 0.05) is 6.20 Å². The van der Waals surface area contributed by atoms with Gasteiger partial charge in [-0.05, 0) is 37.8 Å². The van der Waals surface area contributed by atoms with Crippen LogP contribution in [0.2, 0.25) is 0 Å². The minimum atomic E-state index is -4.31. The van der Waals surface area contributed by atoms with Crippen LogP contribution in [0.4, 0.5) is 13.2 Å². The lowest BCUT2D eigenvalue weighted by molar-refractivity contribution is -0.221. The van der Waals surface area contributed by atoms with Crippen LogP contribution in [0.1, 0.15) is 31.9 Å². The van der Waals surface area contributed by atoms with Gasteiger partial charge in [-0.15, -0.1) is 0 Å². The number of hydrogen-bond donors (Lipinski definition) is 0. The van der Waals surface area contributed by atoms with Crippen molar-refractivity contribution in [1.29, 1.82) is 0 Å². The van der Waals surface area contributed by atoms with Crippen LogP contribution in [-0.4, -0.2) is 17.8 Å². The second kappa shape index (κ2) is 4.88. The molecule has 0 saturated heterocycles. The van der Waals surface area contributed by atoms with Gasteiger partial charge in [0.1, 0.15) is 12.2 Å². The van der Waals surface area contributed by atoms with Crippen molar-refractivity contribution in [2.75, 3.05) is 6.61 Å². The molecule has 0 spiro atoms. The lowest BCUT2D eigenvalue weighted by atomic mass is 9.72. The lowest BCUT2D eigenvalue weighted by Crippen LogP contribution is -2.41. The Morgan fingerprint density at radius 1 is 1.33 bits per heavy atom. The van der Waals surface area contributed by atoms with E-state index < -0.39 is 18.4 Å². The van der Waals surface area contributed by atoms with Crippen molar-refractivity contribution in [3.05, 3.63) is 30.1 Å². The highest BCUT2D eigenvalue weighted by atomic mass is 19.4. The smallest absolute Gasteiger partial charge is 0.359 e. The van der Waals surface area contributed by atoms with E-state index in [0.29, 0.717) is 5.69 Å². The molecule has 2 nitrogen and oxygen atoms in total. The molecule has 0 radical (unpaired) electrons. The van der Waals surface area contributed by atoms with E-state index in [4.69, 9.17) is 4.74 Å². The summed E-state index contributed by atoms with van der Waals surface area (Å²) in [6.07, 6.45) is 0.112. The summed E-state index contributed by atoms with van der Waals surface area (Å²) in [5.41, 5.74) is -0.353. The summed E-state index contributed by atoms with van der Waals surface area (Å²) in [4.78, 5) is 4.16. The predicted octanol–water partition coefficient (Wildman–Crippen LogP) is 3.68. The summed E-state index contributed by atoms with van der Waals surface area (Å²) in [7, 11) is 0. The van der Waals surface area contributed by atoms with Crippen LogP contribution in [0.15, 0.2) is 24.4 Å². The minimum absolute atomic E-state index is 0.120. The Morgan fingerprint density at radius 3 is 2.50 bits per heavy atom. The second-order valence-electron chi connectivity index (χ2n) is 4.85. The Morgan fingerprint density at radius 2 is 2.06 bits per heavy atom. The van der Waals surface area contributed by atoms with Crippen molar-refractivity contribution in [3.63, 3.8) is 0 Å². The highest BCUT2D eigenvalue weighted by molar-refractivity contribution is 5.15. The quantitative estimate of drug-likeness (QED) is 0.823. The average molecular weight is 259 g/mol. The fraction of sp³-hybridized carbons (Fsp3) is 0.615. The van der Waals surface area contributed by atoms with E-state index in [2.05, 4.69) is 4.98 Å². The molecule has 0 aliphatic heterocycles. The fourth-order valence-corrected chi connectivity index (χ4v) is 2.25. The highest BCUT2D eigenvalue weighted by Crippen LogP contribution is 2.44. The number of hydrogen-bond acceptors (Lipinski definition) is 2. The third-order valence-electron chi connectivity index (χ3n) is 3.59. The van der Waals surface area contributed by atoms with E-state index in [9.17, 15) is 13.2 Å². The van der Waals surface area contributed by atoms with Gasteiger partial charge in [-0.3, -0.25) is 4.98 Å². The zero-order valence-corrected chi connectivity index (χ0v) is 10.2. The lowest BCUT2D eigenvalue weighted by Gasteiger charge is -2.42. The first-order chi connectivity index (χ1) is 8.42. The van der Waals surface area contributed by atoms with E-state index in [0.717, 1.165) is 19.3 Å². The first-order valence-electron chi connectivity index (χ1n) is 6.04. The van der Waals surface area contributed by atoms with Gasteiger partial charge in [0.25, 0.3) is 0 Å². The number of halogens is 3.